The van der Waals surface area contributed by atoms with E-state index in [1.165, 1.54) is 4.88 Å². The number of methoxy groups -OCH3 is 1. The Morgan fingerprint density at radius 3 is 2.95 bits per heavy atom. The fraction of sp³-hybridized carbons (Fsp3) is 0.200. The molecule has 3 aromatic rings. The normalized spacial score (nSPS) is 11.0. The molecule has 1 N–H and O–H groups in total. The summed E-state index contributed by atoms with van der Waals surface area (Å²) in [6, 6.07) is 12.2. The molecule has 0 saturated heterocycles. The lowest BCUT2D eigenvalue weighted by Crippen LogP contribution is -2.10. The molecule has 0 fully saturated rings. The molecule has 2 aromatic heterocycles. The number of thiophene rings is 1. The van der Waals surface area contributed by atoms with E-state index in [-0.39, 0.29) is 0 Å². The van der Waals surface area contributed by atoms with Crippen molar-refractivity contribution in [1.29, 1.82) is 0 Å². The van der Waals surface area contributed by atoms with Crippen LogP contribution in [-0.4, -0.2) is 7.11 Å². The molecule has 98 valence electrons. The molecule has 0 spiro atoms. The van der Waals surface area contributed by atoms with E-state index < -0.39 is 0 Å². The van der Waals surface area contributed by atoms with Gasteiger partial charge in [0.15, 0.2) is 11.3 Å². The zero-order chi connectivity index (χ0) is 13.1. The van der Waals surface area contributed by atoms with Crippen molar-refractivity contribution < 1.29 is 9.15 Å². The highest BCUT2D eigenvalue weighted by atomic mass is 32.1. The van der Waals surface area contributed by atoms with Gasteiger partial charge in [-0.15, -0.1) is 11.3 Å². The molecule has 3 rings (SSSR count). The molecule has 0 saturated carbocycles. The molecule has 0 aliphatic carbocycles. The zero-order valence-corrected chi connectivity index (χ0v) is 11.5. The summed E-state index contributed by atoms with van der Waals surface area (Å²) in [4.78, 5) is 1.33. The largest absolute Gasteiger partial charge is 0.493 e. The van der Waals surface area contributed by atoms with Crippen LogP contribution in [0.3, 0.4) is 0 Å². The predicted octanol–water partition coefficient (Wildman–Crippen LogP) is 3.79. The van der Waals surface area contributed by atoms with Gasteiger partial charge in [-0.3, -0.25) is 0 Å². The molecule has 4 heteroatoms. The minimum absolute atomic E-state index is 0.718. The minimum atomic E-state index is 0.718. The van der Waals surface area contributed by atoms with E-state index in [1.54, 1.807) is 18.4 Å². The first-order valence-electron chi connectivity index (χ1n) is 6.15. The van der Waals surface area contributed by atoms with Crippen LogP contribution >= 0.6 is 11.3 Å². The van der Waals surface area contributed by atoms with Gasteiger partial charge in [-0.25, -0.2) is 0 Å². The van der Waals surface area contributed by atoms with Crippen molar-refractivity contribution in [2.24, 2.45) is 0 Å². The van der Waals surface area contributed by atoms with Crippen molar-refractivity contribution >= 4 is 22.3 Å². The van der Waals surface area contributed by atoms with Crippen molar-refractivity contribution in [3.63, 3.8) is 0 Å². The minimum Gasteiger partial charge on any atom is -0.493 e. The number of hydrogen-bond donors (Lipinski definition) is 1. The summed E-state index contributed by atoms with van der Waals surface area (Å²) < 4.78 is 11.1. The Morgan fingerprint density at radius 2 is 2.16 bits per heavy atom. The first kappa shape index (κ1) is 12.3. The fourth-order valence-electron chi connectivity index (χ4n) is 2.06. The first-order chi connectivity index (χ1) is 9.36. The lowest BCUT2D eigenvalue weighted by Gasteiger charge is -2.00. The standard InChI is InChI=1S/C15H15NO2S/c1-17-14-6-2-4-11-8-12(18-15(11)14)9-16-10-13-5-3-7-19-13/h2-8,16H,9-10H2,1H3. The van der Waals surface area contributed by atoms with Crippen molar-refractivity contribution in [1.82, 2.24) is 5.32 Å². The number of hydrogen-bond acceptors (Lipinski definition) is 4. The molecule has 0 atom stereocenters. The maximum absolute atomic E-state index is 5.83. The van der Waals surface area contributed by atoms with Crippen LogP contribution in [0.1, 0.15) is 10.6 Å². The summed E-state index contributed by atoms with van der Waals surface area (Å²) in [6.07, 6.45) is 0. The second-order valence-corrected chi connectivity index (χ2v) is 5.31. The average molecular weight is 273 g/mol. The zero-order valence-electron chi connectivity index (χ0n) is 10.7. The summed E-state index contributed by atoms with van der Waals surface area (Å²) in [6.45, 7) is 1.58. The summed E-state index contributed by atoms with van der Waals surface area (Å²) in [7, 11) is 1.66. The van der Waals surface area contributed by atoms with E-state index in [4.69, 9.17) is 9.15 Å². The highest BCUT2D eigenvalue weighted by Crippen LogP contribution is 2.28. The van der Waals surface area contributed by atoms with Crippen LogP contribution in [0.15, 0.2) is 46.2 Å². The first-order valence-corrected chi connectivity index (χ1v) is 7.03. The number of benzene rings is 1. The highest BCUT2D eigenvalue weighted by molar-refractivity contribution is 7.09. The predicted molar refractivity (Wildman–Crippen MR) is 77.6 cm³/mol. The van der Waals surface area contributed by atoms with Gasteiger partial charge in [0.2, 0.25) is 0 Å². The van der Waals surface area contributed by atoms with Crippen molar-refractivity contribution in [3.05, 3.63) is 52.4 Å². The Hall–Kier alpha value is -1.78. The monoisotopic (exact) mass is 273 g/mol. The molecule has 0 aliphatic heterocycles. The third-order valence-electron chi connectivity index (χ3n) is 2.96. The van der Waals surface area contributed by atoms with E-state index in [0.29, 0.717) is 0 Å². The van der Waals surface area contributed by atoms with Crippen molar-refractivity contribution in [2.45, 2.75) is 13.1 Å². The summed E-state index contributed by atoms with van der Waals surface area (Å²) in [5, 5.41) is 6.54. The van der Waals surface area contributed by atoms with Crippen LogP contribution in [0.2, 0.25) is 0 Å². The van der Waals surface area contributed by atoms with E-state index in [9.17, 15) is 0 Å². The maximum atomic E-state index is 5.83. The van der Waals surface area contributed by atoms with E-state index in [0.717, 1.165) is 35.6 Å². The third kappa shape index (κ3) is 2.64. The molecule has 3 nitrogen and oxygen atoms in total. The summed E-state index contributed by atoms with van der Waals surface area (Å²) >= 11 is 1.76. The molecule has 0 aliphatic rings. The van der Waals surface area contributed by atoms with Crippen LogP contribution in [0.25, 0.3) is 11.0 Å². The fourth-order valence-corrected chi connectivity index (χ4v) is 2.73. The van der Waals surface area contributed by atoms with Gasteiger partial charge in [-0.1, -0.05) is 18.2 Å². The highest BCUT2D eigenvalue weighted by Gasteiger charge is 2.08. The number of para-hydroxylation sites is 1. The van der Waals surface area contributed by atoms with Gasteiger partial charge in [-0.2, -0.15) is 0 Å². The van der Waals surface area contributed by atoms with E-state index >= 15 is 0 Å². The smallest absolute Gasteiger partial charge is 0.176 e. The number of furan rings is 1. The molecule has 2 heterocycles. The molecule has 0 bridgehead atoms. The Bertz CT molecular complexity index is 658. The van der Waals surface area contributed by atoms with Crippen LogP contribution in [-0.2, 0) is 13.1 Å². The van der Waals surface area contributed by atoms with Gasteiger partial charge >= 0.3 is 0 Å². The van der Waals surface area contributed by atoms with Gasteiger partial charge in [0.05, 0.1) is 13.7 Å². The molecular weight excluding hydrogens is 258 g/mol. The van der Waals surface area contributed by atoms with E-state index in [1.807, 2.05) is 18.2 Å². The second-order valence-electron chi connectivity index (χ2n) is 4.27. The summed E-state index contributed by atoms with van der Waals surface area (Å²) in [5.41, 5.74) is 0.818. The van der Waals surface area contributed by atoms with Gasteiger partial charge in [-0.05, 0) is 23.6 Å². The molecule has 0 radical (unpaired) electrons. The number of rotatable bonds is 5. The number of fused-ring (bicyclic) bond motifs is 1. The van der Waals surface area contributed by atoms with Crippen LogP contribution in [0, 0.1) is 0 Å². The van der Waals surface area contributed by atoms with Gasteiger partial charge in [0.1, 0.15) is 5.76 Å². The third-order valence-corrected chi connectivity index (χ3v) is 3.83. The van der Waals surface area contributed by atoms with Gasteiger partial charge < -0.3 is 14.5 Å². The lowest BCUT2D eigenvalue weighted by molar-refractivity contribution is 0.406. The second kappa shape index (κ2) is 5.47. The van der Waals surface area contributed by atoms with Gasteiger partial charge in [0, 0.05) is 16.8 Å². The Morgan fingerprint density at radius 1 is 1.21 bits per heavy atom. The molecule has 1 aromatic carbocycles. The lowest BCUT2D eigenvalue weighted by atomic mass is 10.2. The van der Waals surface area contributed by atoms with Crippen LogP contribution < -0.4 is 10.1 Å². The Labute approximate surface area is 115 Å². The Kier molecular flexibility index (Phi) is 3.53. The topological polar surface area (TPSA) is 34.4 Å². The number of nitrogens with one attached hydrogen (secondary N) is 1. The van der Waals surface area contributed by atoms with Crippen LogP contribution in [0.5, 0.6) is 5.75 Å². The molecule has 19 heavy (non-hydrogen) atoms. The Balaban J connectivity index is 1.71. The van der Waals surface area contributed by atoms with Crippen LogP contribution in [0.4, 0.5) is 0 Å². The quantitative estimate of drug-likeness (QED) is 0.768. The molecular formula is C15H15NO2S. The SMILES string of the molecule is COc1cccc2cc(CNCc3cccs3)oc12. The van der Waals surface area contributed by atoms with Crippen molar-refractivity contribution in [3.8, 4) is 5.75 Å². The summed E-state index contributed by atoms with van der Waals surface area (Å²) in [5.74, 6) is 1.71. The number of ether oxygens (including phenoxy) is 1. The van der Waals surface area contributed by atoms with Crippen molar-refractivity contribution in [2.75, 3.05) is 7.11 Å². The van der Waals surface area contributed by atoms with E-state index in [2.05, 4.69) is 28.9 Å². The molecule has 0 unspecified atom stereocenters. The van der Waals surface area contributed by atoms with Gasteiger partial charge in [0.25, 0.3) is 0 Å². The average Bonchev–Trinajstić information content (AvgIpc) is 3.06. The maximum Gasteiger partial charge on any atom is 0.176 e. The molecule has 0 amide bonds.